The minimum absolute atomic E-state index is 0.977. The van der Waals surface area contributed by atoms with Crippen LogP contribution in [0.5, 0.6) is 0 Å². The van der Waals surface area contributed by atoms with Crippen LogP contribution in [-0.4, -0.2) is 36.1 Å². The van der Waals surface area contributed by atoms with Crippen molar-refractivity contribution in [3.63, 3.8) is 0 Å². The highest BCUT2D eigenvalue weighted by atomic mass is 15.1. The molecule has 0 aliphatic carbocycles. The van der Waals surface area contributed by atoms with Crippen molar-refractivity contribution in [2.75, 3.05) is 31.1 Å². The first-order valence-electron chi connectivity index (χ1n) is 11.6. The van der Waals surface area contributed by atoms with Crippen LogP contribution in [0.25, 0.3) is 32.9 Å². The number of pyridine rings is 1. The molecule has 3 heteroatoms. The lowest BCUT2D eigenvalue weighted by molar-refractivity contribution is 0.269. The van der Waals surface area contributed by atoms with Gasteiger partial charge in [0.15, 0.2) is 0 Å². The molecule has 0 amide bonds. The second-order valence-electron chi connectivity index (χ2n) is 8.44. The quantitative estimate of drug-likeness (QED) is 0.362. The van der Waals surface area contributed by atoms with E-state index in [0.29, 0.717) is 0 Å². The van der Waals surface area contributed by atoms with Gasteiger partial charge < -0.3 is 4.90 Å². The van der Waals surface area contributed by atoms with Gasteiger partial charge in [-0.3, -0.25) is 4.90 Å². The Morgan fingerprint density at radius 2 is 1.65 bits per heavy atom. The Hall–Kier alpha value is -2.91. The predicted octanol–water partition coefficient (Wildman–Crippen LogP) is 6.28. The first kappa shape index (κ1) is 20.0. The number of aromatic nitrogens is 1. The van der Waals surface area contributed by atoms with Gasteiger partial charge in [-0.05, 0) is 66.9 Å². The normalized spacial score (nSPS) is 14.2. The van der Waals surface area contributed by atoms with E-state index in [1.807, 2.05) is 0 Å². The maximum atomic E-state index is 5.25. The Morgan fingerprint density at radius 3 is 2.39 bits per heavy atom. The van der Waals surface area contributed by atoms with Crippen LogP contribution in [0, 0.1) is 0 Å². The molecule has 0 radical (unpaired) electrons. The summed E-state index contributed by atoms with van der Waals surface area (Å²) >= 11 is 0. The smallest absolute Gasteiger partial charge is 0.0757 e. The van der Waals surface area contributed by atoms with E-state index in [9.17, 15) is 0 Å². The van der Waals surface area contributed by atoms with Crippen molar-refractivity contribution in [1.82, 2.24) is 9.88 Å². The minimum atomic E-state index is 0.977. The second-order valence-corrected chi connectivity index (χ2v) is 8.44. The molecule has 0 atom stereocenters. The van der Waals surface area contributed by atoms with Crippen LogP contribution >= 0.6 is 0 Å². The minimum Gasteiger partial charge on any atom is -0.372 e. The summed E-state index contributed by atoms with van der Waals surface area (Å²) in [5.74, 6) is 0. The summed E-state index contributed by atoms with van der Waals surface area (Å²) in [6.45, 7) is 11.9. The lowest BCUT2D eigenvalue weighted by atomic mass is 9.89. The van der Waals surface area contributed by atoms with Crippen LogP contribution in [0.1, 0.15) is 31.9 Å². The number of hydrogen-bond acceptors (Lipinski definition) is 3. The van der Waals surface area contributed by atoms with E-state index in [4.69, 9.17) is 4.98 Å². The van der Waals surface area contributed by atoms with Gasteiger partial charge >= 0.3 is 0 Å². The first-order valence-corrected chi connectivity index (χ1v) is 11.6. The molecular formula is C28H31N3. The fourth-order valence-electron chi connectivity index (χ4n) is 5.10. The van der Waals surface area contributed by atoms with Crippen molar-refractivity contribution in [1.29, 1.82) is 0 Å². The van der Waals surface area contributed by atoms with Crippen LogP contribution in [0.3, 0.4) is 0 Å². The Balaban J connectivity index is 1.72. The molecule has 2 heterocycles. The average molecular weight is 410 g/mol. The Kier molecular flexibility index (Phi) is 5.37. The van der Waals surface area contributed by atoms with Crippen LogP contribution in [0.4, 0.5) is 5.69 Å². The highest BCUT2D eigenvalue weighted by Crippen LogP contribution is 2.37. The summed E-state index contributed by atoms with van der Waals surface area (Å²) in [6.07, 6.45) is 1.08. The zero-order chi connectivity index (χ0) is 21.4. The first-order chi connectivity index (χ1) is 15.2. The molecule has 158 valence electrons. The van der Waals surface area contributed by atoms with E-state index in [-0.39, 0.29) is 0 Å². The number of benzene rings is 3. The van der Waals surface area contributed by atoms with Crippen LogP contribution in [0.2, 0.25) is 0 Å². The molecule has 0 saturated carbocycles. The monoisotopic (exact) mass is 409 g/mol. The highest BCUT2D eigenvalue weighted by molar-refractivity contribution is 6.09. The van der Waals surface area contributed by atoms with E-state index in [2.05, 4.69) is 91.2 Å². The van der Waals surface area contributed by atoms with Crippen LogP contribution in [0.15, 0.2) is 60.7 Å². The SMILES string of the molecule is CCN1CCc2c(c(-c3ccc(N(CC)CC)cc3)nc3ccc4ccccc4c23)C1. The lowest BCUT2D eigenvalue weighted by Gasteiger charge is -2.30. The van der Waals surface area contributed by atoms with Gasteiger partial charge in [0, 0.05) is 42.8 Å². The van der Waals surface area contributed by atoms with Crippen molar-refractivity contribution in [2.45, 2.75) is 33.7 Å². The van der Waals surface area contributed by atoms with Crippen LogP contribution < -0.4 is 4.90 Å². The molecule has 3 nitrogen and oxygen atoms in total. The van der Waals surface area contributed by atoms with E-state index in [1.54, 1.807) is 0 Å². The predicted molar refractivity (Wildman–Crippen MR) is 133 cm³/mol. The molecule has 0 fully saturated rings. The molecule has 31 heavy (non-hydrogen) atoms. The Labute approximate surface area is 185 Å². The summed E-state index contributed by atoms with van der Waals surface area (Å²) in [5, 5.41) is 3.98. The van der Waals surface area contributed by atoms with Gasteiger partial charge in [0.2, 0.25) is 0 Å². The van der Waals surface area contributed by atoms with Gasteiger partial charge in [0.25, 0.3) is 0 Å². The zero-order valence-electron chi connectivity index (χ0n) is 18.9. The lowest BCUT2D eigenvalue weighted by Crippen LogP contribution is -2.31. The summed E-state index contributed by atoms with van der Waals surface area (Å²) in [6, 6.07) is 22.2. The molecule has 0 N–H and O–H groups in total. The van der Waals surface area contributed by atoms with Crippen molar-refractivity contribution < 1.29 is 0 Å². The molecule has 1 aliphatic heterocycles. The van der Waals surface area contributed by atoms with Gasteiger partial charge in [0.1, 0.15) is 0 Å². The van der Waals surface area contributed by atoms with E-state index in [0.717, 1.165) is 50.4 Å². The molecular weight excluding hydrogens is 378 g/mol. The molecule has 0 saturated heterocycles. The van der Waals surface area contributed by atoms with E-state index in [1.165, 1.54) is 38.5 Å². The molecule has 0 unspecified atom stereocenters. The molecule has 4 aromatic rings. The van der Waals surface area contributed by atoms with Crippen molar-refractivity contribution in [3.05, 3.63) is 71.8 Å². The second kappa shape index (κ2) is 8.32. The van der Waals surface area contributed by atoms with E-state index < -0.39 is 0 Å². The fraction of sp³-hybridized carbons (Fsp3) is 0.321. The number of likely N-dealkylation sites (N-methyl/N-ethyl adjacent to an activating group) is 1. The number of fused-ring (bicyclic) bond motifs is 5. The summed E-state index contributed by atoms with van der Waals surface area (Å²) in [4.78, 5) is 10.2. The number of hydrogen-bond donors (Lipinski definition) is 0. The molecule has 0 spiro atoms. The van der Waals surface area contributed by atoms with Gasteiger partial charge in [-0.25, -0.2) is 4.98 Å². The van der Waals surface area contributed by atoms with Gasteiger partial charge in [-0.2, -0.15) is 0 Å². The average Bonchev–Trinajstić information content (AvgIpc) is 2.84. The van der Waals surface area contributed by atoms with E-state index >= 15 is 0 Å². The topological polar surface area (TPSA) is 19.4 Å². The fourth-order valence-corrected chi connectivity index (χ4v) is 5.10. The third kappa shape index (κ3) is 3.47. The summed E-state index contributed by atoms with van der Waals surface area (Å²) in [7, 11) is 0. The Morgan fingerprint density at radius 1 is 0.871 bits per heavy atom. The van der Waals surface area contributed by atoms with Gasteiger partial charge in [0.05, 0.1) is 11.2 Å². The zero-order valence-corrected chi connectivity index (χ0v) is 18.9. The molecule has 3 aromatic carbocycles. The van der Waals surface area contributed by atoms with Crippen molar-refractivity contribution >= 4 is 27.4 Å². The highest BCUT2D eigenvalue weighted by Gasteiger charge is 2.23. The van der Waals surface area contributed by atoms with Crippen molar-refractivity contribution in [2.24, 2.45) is 0 Å². The van der Waals surface area contributed by atoms with Crippen molar-refractivity contribution in [3.8, 4) is 11.3 Å². The third-order valence-corrected chi connectivity index (χ3v) is 6.87. The standard InChI is InChI=1S/C28H31N3/c1-4-30-18-17-24-25(19-30)28(21-11-14-22(15-12-21)31(5-2)6-3)29-26-16-13-20-9-7-8-10-23(20)27(24)26/h7-16H,4-6,17-19H2,1-3H3. The number of nitrogens with zero attached hydrogens (tertiary/aromatic N) is 3. The van der Waals surface area contributed by atoms with Gasteiger partial charge in [-0.1, -0.05) is 49.4 Å². The van der Waals surface area contributed by atoms with Crippen LogP contribution in [-0.2, 0) is 13.0 Å². The van der Waals surface area contributed by atoms with Gasteiger partial charge in [-0.15, -0.1) is 0 Å². The largest absolute Gasteiger partial charge is 0.372 e. The third-order valence-electron chi connectivity index (χ3n) is 6.87. The number of rotatable bonds is 5. The Bertz CT molecular complexity index is 1220. The molecule has 0 bridgehead atoms. The summed E-state index contributed by atoms with van der Waals surface area (Å²) in [5.41, 5.74) is 7.68. The molecule has 1 aliphatic rings. The molecule has 5 rings (SSSR count). The maximum Gasteiger partial charge on any atom is 0.0757 e. The maximum absolute atomic E-state index is 5.25. The number of anilines is 1. The molecule has 1 aromatic heterocycles. The summed E-state index contributed by atoms with van der Waals surface area (Å²) < 4.78 is 0.